The molecule has 0 fully saturated rings. The number of hydrogen-bond acceptors (Lipinski definition) is 0. The van der Waals surface area contributed by atoms with Gasteiger partial charge < -0.3 is 0 Å². The highest BCUT2D eigenvalue weighted by Crippen LogP contribution is 2.50. The van der Waals surface area contributed by atoms with E-state index in [1.807, 2.05) is 0 Å². The molecule has 1 aromatic carbocycles. The SMILES string of the molecule is Cc1ccc2c(c1)C(C)(C)C1=C2CC(C)C=C1. The van der Waals surface area contributed by atoms with Crippen molar-refractivity contribution in [1.29, 1.82) is 0 Å². The van der Waals surface area contributed by atoms with Crippen LogP contribution in [0.5, 0.6) is 0 Å². The summed E-state index contributed by atoms with van der Waals surface area (Å²) in [6.07, 6.45) is 5.92. The molecule has 0 aliphatic heterocycles. The van der Waals surface area contributed by atoms with Crippen LogP contribution in [0.1, 0.15) is 43.9 Å². The summed E-state index contributed by atoms with van der Waals surface area (Å²) in [6.45, 7) is 9.20. The van der Waals surface area contributed by atoms with E-state index in [4.69, 9.17) is 0 Å². The average molecular weight is 224 g/mol. The molecule has 0 nitrogen and oxygen atoms in total. The molecule has 0 heteroatoms. The van der Waals surface area contributed by atoms with Crippen LogP contribution in [0.25, 0.3) is 5.57 Å². The van der Waals surface area contributed by atoms with Gasteiger partial charge in [0.05, 0.1) is 0 Å². The maximum absolute atomic E-state index is 2.37. The van der Waals surface area contributed by atoms with E-state index < -0.39 is 0 Å². The van der Waals surface area contributed by atoms with E-state index in [9.17, 15) is 0 Å². The summed E-state index contributed by atoms with van der Waals surface area (Å²) < 4.78 is 0. The molecule has 3 rings (SSSR count). The van der Waals surface area contributed by atoms with Gasteiger partial charge in [0.25, 0.3) is 0 Å². The summed E-state index contributed by atoms with van der Waals surface area (Å²) >= 11 is 0. The van der Waals surface area contributed by atoms with E-state index in [1.54, 1.807) is 5.57 Å². The van der Waals surface area contributed by atoms with Crippen LogP contribution >= 0.6 is 0 Å². The number of rotatable bonds is 0. The van der Waals surface area contributed by atoms with Crippen LogP contribution in [0.15, 0.2) is 35.9 Å². The Morgan fingerprint density at radius 2 is 2.00 bits per heavy atom. The fourth-order valence-corrected chi connectivity index (χ4v) is 3.29. The molecule has 0 spiro atoms. The minimum atomic E-state index is 0.188. The third kappa shape index (κ3) is 1.43. The molecule has 0 bridgehead atoms. The van der Waals surface area contributed by atoms with Gasteiger partial charge in [-0.1, -0.05) is 56.7 Å². The van der Waals surface area contributed by atoms with Crippen LogP contribution in [-0.4, -0.2) is 0 Å². The standard InChI is InChI=1S/C17H20/c1-11-6-8-15-14(9-11)13-7-5-12(2)10-16(13)17(15,3)4/h5-8,10-11H,9H2,1-4H3. The van der Waals surface area contributed by atoms with Gasteiger partial charge >= 0.3 is 0 Å². The van der Waals surface area contributed by atoms with Crippen molar-refractivity contribution in [2.45, 2.75) is 39.5 Å². The first-order valence-electron chi connectivity index (χ1n) is 6.53. The van der Waals surface area contributed by atoms with Crippen molar-refractivity contribution in [3.05, 3.63) is 52.6 Å². The van der Waals surface area contributed by atoms with Crippen molar-refractivity contribution < 1.29 is 0 Å². The molecule has 0 N–H and O–H groups in total. The highest BCUT2D eigenvalue weighted by molar-refractivity contribution is 5.83. The van der Waals surface area contributed by atoms with Crippen LogP contribution in [-0.2, 0) is 5.41 Å². The lowest BCUT2D eigenvalue weighted by Gasteiger charge is -2.25. The van der Waals surface area contributed by atoms with Gasteiger partial charge in [0, 0.05) is 5.41 Å². The molecule has 1 aromatic rings. The molecular formula is C17H20. The van der Waals surface area contributed by atoms with Crippen molar-refractivity contribution >= 4 is 5.57 Å². The first-order valence-corrected chi connectivity index (χ1v) is 6.53. The third-order valence-corrected chi connectivity index (χ3v) is 4.29. The molecule has 17 heavy (non-hydrogen) atoms. The summed E-state index contributed by atoms with van der Waals surface area (Å²) in [4.78, 5) is 0. The van der Waals surface area contributed by atoms with Crippen molar-refractivity contribution in [1.82, 2.24) is 0 Å². The zero-order valence-electron chi connectivity index (χ0n) is 11.2. The Balaban J connectivity index is 2.24. The highest BCUT2D eigenvalue weighted by atomic mass is 14.4. The monoisotopic (exact) mass is 224 g/mol. The largest absolute Gasteiger partial charge is 0.0810 e. The lowest BCUT2D eigenvalue weighted by molar-refractivity contribution is 0.642. The van der Waals surface area contributed by atoms with E-state index in [-0.39, 0.29) is 5.41 Å². The smallest absolute Gasteiger partial charge is 0.0155 e. The topological polar surface area (TPSA) is 0 Å². The zero-order chi connectivity index (χ0) is 12.2. The van der Waals surface area contributed by atoms with E-state index in [1.165, 1.54) is 28.7 Å². The molecular weight excluding hydrogens is 204 g/mol. The molecule has 0 aromatic heterocycles. The van der Waals surface area contributed by atoms with Crippen molar-refractivity contribution in [2.75, 3.05) is 0 Å². The van der Waals surface area contributed by atoms with Crippen molar-refractivity contribution in [3.63, 3.8) is 0 Å². The van der Waals surface area contributed by atoms with E-state index in [2.05, 4.69) is 58.0 Å². The molecule has 1 atom stereocenters. The molecule has 1 unspecified atom stereocenters. The van der Waals surface area contributed by atoms with Gasteiger partial charge in [-0.25, -0.2) is 0 Å². The summed E-state index contributed by atoms with van der Waals surface area (Å²) in [5.74, 6) is 0.678. The van der Waals surface area contributed by atoms with Crippen molar-refractivity contribution in [2.24, 2.45) is 5.92 Å². The van der Waals surface area contributed by atoms with Gasteiger partial charge in [0.15, 0.2) is 0 Å². The van der Waals surface area contributed by atoms with Gasteiger partial charge in [0.1, 0.15) is 0 Å². The summed E-state index contributed by atoms with van der Waals surface area (Å²) in [5, 5.41) is 0. The Bertz CT molecular complexity index is 541. The Hall–Kier alpha value is -1.30. The van der Waals surface area contributed by atoms with Crippen LogP contribution in [0, 0.1) is 12.8 Å². The van der Waals surface area contributed by atoms with Gasteiger partial charge in [-0.3, -0.25) is 0 Å². The van der Waals surface area contributed by atoms with Crippen LogP contribution in [0.2, 0.25) is 0 Å². The first-order chi connectivity index (χ1) is 8.00. The molecule has 0 saturated carbocycles. The second kappa shape index (κ2) is 3.35. The molecule has 2 aliphatic rings. The number of benzene rings is 1. The second-order valence-electron chi connectivity index (χ2n) is 6.11. The first kappa shape index (κ1) is 10.8. The molecule has 0 amide bonds. The summed E-state index contributed by atoms with van der Waals surface area (Å²) in [7, 11) is 0. The minimum Gasteiger partial charge on any atom is -0.0810 e. The molecule has 88 valence electrons. The van der Waals surface area contributed by atoms with Gasteiger partial charge in [-0.15, -0.1) is 0 Å². The van der Waals surface area contributed by atoms with E-state index >= 15 is 0 Å². The van der Waals surface area contributed by atoms with E-state index in [0.717, 1.165) is 0 Å². The Morgan fingerprint density at radius 3 is 2.76 bits per heavy atom. The molecule has 2 aliphatic carbocycles. The molecule has 0 saturated heterocycles. The maximum atomic E-state index is 2.37. The quantitative estimate of drug-likeness (QED) is 0.602. The Morgan fingerprint density at radius 1 is 1.24 bits per heavy atom. The number of fused-ring (bicyclic) bond motifs is 2. The minimum absolute atomic E-state index is 0.188. The number of allylic oxidation sites excluding steroid dienone is 4. The van der Waals surface area contributed by atoms with Crippen LogP contribution < -0.4 is 0 Å². The maximum Gasteiger partial charge on any atom is 0.0155 e. The Labute approximate surface area is 104 Å². The lowest BCUT2D eigenvalue weighted by Crippen LogP contribution is -2.17. The van der Waals surface area contributed by atoms with Crippen LogP contribution in [0.3, 0.4) is 0 Å². The predicted molar refractivity (Wildman–Crippen MR) is 74.0 cm³/mol. The van der Waals surface area contributed by atoms with E-state index in [0.29, 0.717) is 5.92 Å². The van der Waals surface area contributed by atoms with Gasteiger partial charge in [-0.2, -0.15) is 0 Å². The molecule has 0 radical (unpaired) electrons. The average Bonchev–Trinajstić information content (AvgIpc) is 2.48. The Kier molecular flexibility index (Phi) is 2.13. The predicted octanol–water partition coefficient (Wildman–Crippen LogP) is 4.64. The third-order valence-electron chi connectivity index (χ3n) is 4.29. The highest BCUT2D eigenvalue weighted by Gasteiger charge is 2.37. The number of aryl methyl sites for hydroxylation is 1. The lowest BCUT2D eigenvalue weighted by atomic mass is 9.79. The summed E-state index contributed by atoms with van der Waals surface area (Å²) in [6, 6.07) is 6.93. The fraction of sp³-hybridized carbons (Fsp3) is 0.412. The number of hydrogen-bond donors (Lipinski definition) is 0. The summed E-state index contributed by atoms with van der Waals surface area (Å²) in [5.41, 5.74) is 7.69. The zero-order valence-corrected chi connectivity index (χ0v) is 11.2. The fourth-order valence-electron chi connectivity index (χ4n) is 3.29. The van der Waals surface area contributed by atoms with Gasteiger partial charge in [-0.05, 0) is 41.5 Å². The van der Waals surface area contributed by atoms with Crippen molar-refractivity contribution in [3.8, 4) is 0 Å². The van der Waals surface area contributed by atoms with Gasteiger partial charge in [0.2, 0.25) is 0 Å². The van der Waals surface area contributed by atoms with Crippen LogP contribution in [0.4, 0.5) is 0 Å². The second-order valence-corrected chi connectivity index (χ2v) is 6.11. The normalized spacial score (nSPS) is 24.8. The molecule has 0 heterocycles.